The zero-order chi connectivity index (χ0) is 10.7. The Kier molecular flexibility index (Phi) is 3.86. The molecule has 0 saturated heterocycles. The predicted octanol–water partition coefficient (Wildman–Crippen LogP) is 1.76. The molecule has 1 aromatic rings. The van der Waals surface area contributed by atoms with Crippen LogP contribution in [0.15, 0.2) is 18.2 Å². The summed E-state index contributed by atoms with van der Waals surface area (Å²) >= 11 is 5.56. The Morgan fingerprint density at radius 3 is 2.57 bits per heavy atom. The average Bonchev–Trinajstić information content (AvgIpc) is 2.11. The van der Waals surface area contributed by atoms with Gasteiger partial charge in [-0.25, -0.2) is 4.39 Å². The van der Waals surface area contributed by atoms with Gasteiger partial charge in [-0.1, -0.05) is 17.7 Å². The van der Waals surface area contributed by atoms with E-state index in [0.717, 1.165) is 0 Å². The Hall–Kier alpha value is -0.640. The largest absolute Gasteiger partial charge is 0.391 e. The molecule has 0 aliphatic heterocycles. The minimum atomic E-state index is -0.850. The highest BCUT2D eigenvalue weighted by Gasteiger charge is 2.12. The fourth-order valence-electron chi connectivity index (χ4n) is 1.08. The molecular weight excluding hydrogens is 207 g/mol. The summed E-state index contributed by atoms with van der Waals surface area (Å²) < 4.78 is 12.8. The van der Waals surface area contributed by atoms with Crippen LogP contribution in [0.4, 0.5) is 4.39 Å². The molecule has 14 heavy (non-hydrogen) atoms. The molecule has 2 unspecified atom stereocenters. The van der Waals surface area contributed by atoms with Gasteiger partial charge in [-0.15, -0.1) is 0 Å². The van der Waals surface area contributed by atoms with Crippen LogP contribution in [0.1, 0.15) is 12.5 Å². The number of hydrogen-bond donors (Lipinski definition) is 2. The zero-order valence-electron chi connectivity index (χ0n) is 7.74. The van der Waals surface area contributed by atoms with Gasteiger partial charge in [-0.2, -0.15) is 0 Å². The first kappa shape index (κ1) is 11.4. The molecule has 0 aromatic heterocycles. The summed E-state index contributed by atoms with van der Waals surface area (Å²) in [6.45, 7) is 1.50. The van der Waals surface area contributed by atoms with Crippen LogP contribution in [-0.4, -0.2) is 22.4 Å². The summed E-state index contributed by atoms with van der Waals surface area (Å²) in [6, 6.07) is 4.22. The van der Waals surface area contributed by atoms with Crippen molar-refractivity contribution in [1.29, 1.82) is 0 Å². The van der Waals surface area contributed by atoms with Gasteiger partial charge in [0, 0.05) is 6.42 Å². The summed E-state index contributed by atoms with van der Waals surface area (Å²) in [5, 5.41) is 18.4. The van der Waals surface area contributed by atoms with Gasteiger partial charge in [-0.3, -0.25) is 0 Å². The molecule has 0 fully saturated rings. The van der Waals surface area contributed by atoms with Gasteiger partial charge in [0.05, 0.1) is 17.2 Å². The molecule has 1 aromatic carbocycles. The van der Waals surface area contributed by atoms with Crippen molar-refractivity contribution in [2.75, 3.05) is 0 Å². The molecule has 0 aliphatic carbocycles. The second-order valence-electron chi connectivity index (χ2n) is 3.26. The molecule has 4 heteroatoms. The van der Waals surface area contributed by atoms with Crippen LogP contribution in [0.2, 0.25) is 5.02 Å². The fraction of sp³-hybridized carbons (Fsp3) is 0.400. The summed E-state index contributed by atoms with van der Waals surface area (Å²) in [6.07, 6.45) is -1.40. The lowest BCUT2D eigenvalue weighted by Crippen LogP contribution is -2.24. The maximum absolute atomic E-state index is 12.8. The molecule has 0 aliphatic rings. The van der Waals surface area contributed by atoms with Crippen LogP contribution >= 0.6 is 11.6 Å². The molecule has 0 heterocycles. The highest BCUT2D eigenvalue weighted by Crippen LogP contribution is 2.17. The third kappa shape index (κ3) is 2.94. The second-order valence-corrected chi connectivity index (χ2v) is 3.67. The molecule has 2 N–H and O–H groups in total. The van der Waals surface area contributed by atoms with E-state index >= 15 is 0 Å². The van der Waals surface area contributed by atoms with Crippen LogP contribution < -0.4 is 0 Å². The van der Waals surface area contributed by atoms with Crippen LogP contribution in [0, 0.1) is 5.82 Å². The molecule has 2 atom stereocenters. The number of aliphatic hydroxyl groups is 2. The van der Waals surface area contributed by atoms with Gasteiger partial charge in [0.1, 0.15) is 5.82 Å². The molecule has 0 saturated carbocycles. The summed E-state index contributed by atoms with van der Waals surface area (Å²) in [5.74, 6) is -0.484. The lowest BCUT2D eigenvalue weighted by molar-refractivity contribution is 0.0319. The topological polar surface area (TPSA) is 40.5 Å². The molecule has 0 spiro atoms. The highest BCUT2D eigenvalue weighted by molar-refractivity contribution is 6.30. The van der Waals surface area contributed by atoms with Crippen molar-refractivity contribution in [3.63, 3.8) is 0 Å². The van der Waals surface area contributed by atoms with Gasteiger partial charge in [0.25, 0.3) is 0 Å². The maximum atomic E-state index is 12.8. The second kappa shape index (κ2) is 4.73. The van der Waals surface area contributed by atoms with Gasteiger partial charge in [0.15, 0.2) is 0 Å². The Morgan fingerprint density at radius 2 is 2.07 bits per heavy atom. The maximum Gasteiger partial charge on any atom is 0.141 e. The zero-order valence-corrected chi connectivity index (χ0v) is 8.50. The Morgan fingerprint density at radius 1 is 1.43 bits per heavy atom. The standard InChI is InChI=1S/C10H12ClFO2/c1-6(13)10(14)5-7-2-3-9(12)8(11)4-7/h2-4,6,10,13-14H,5H2,1H3. The van der Waals surface area contributed by atoms with E-state index < -0.39 is 18.0 Å². The van der Waals surface area contributed by atoms with E-state index in [-0.39, 0.29) is 11.4 Å². The van der Waals surface area contributed by atoms with Gasteiger partial charge in [-0.05, 0) is 24.6 Å². The summed E-state index contributed by atoms with van der Waals surface area (Å²) in [4.78, 5) is 0. The Bertz CT molecular complexity index is 315. The number of rotatable bonds is 3. The molecule has 0 bridgehead atoms. The molecule has 78 valence electrons. The number of benzene rings is 1. The molecule has 1 rings (SSSR count). The predicted molar refractivity (Wildman–Crippen MR) is 52.8 cm³/mol. The van der Waals surface area contributed by atoms with E-state index in [1.54, 1.807) is 0 Å². The number of halogens is 2. The van der Waals surface area contributed by atoms with Crippen LogP contribution in [0.3, 0.4) is 0 Å². The average molecular weight is 219 g/mol. The number of aliphatic hydroxyl groups excluding tert-OH is 2. The minimum absolute atomic E-state index is 0.0280. The van der Waals surface area contributed by atoms with Crippen molar-refractivity contribution in [2.45, 2.75) is 25.6 Å². The van der Waals surface area contributed by atoms with Crippen molar-refractivity contribution >= 4 is 11.6 Å². The van der Waals surface area contributed by atoms with Crippen LogP contribution in [0.5, 0.6) is 0 Å². The van der Waals surface area contributed by atoms with Crippen LogP contribution in [-0.2, 0) is 6.42 Å². The number of hydrogen-bond acceptors (Lipinski definition) is 2. The van der Waals surface area contributed by atoms with E-state index in [1.807, 2.05) is 0 Å². The van der Waals surface area contributed by atoms with Crippen molar-refractivity contribution in [3.8, 4) is 0 Å². The molecule has 2 nitrogen and oxygen atoms in total. The lowest BCUT2D eigenvalue weighted by atomic mass is 10.0. The Labute approximate surface area is 86.9 Å². The van der Waals surface area contributed by atoms with Crippen molar-refractivity contribution in [2.24, 2.45) is 0 Å². The van der Waals surface area contributed by atoms with E-state index in [9.17, 15) is 9.50 Å². The Balaban J connectivity index is 2.73. The molecular formula is C10H12ClFO2. The van der Waals surface area contributed by atoms with Crippen molar-refractivity contribution < 1.29 is 14.6 Å². The van der Waals surface area contributed by atoms with Gasteiger partial charge in [0.2, 0.25) is 0 Å². The smallest absolute Gasteiger partial charge is 0.141 e. The minimum Gasteiger partial charge on any atom is -0.391 e. The summed E-state index contributed by atoms with van der Waals surface area (Å²) in [7, 11) is 0. The van der Waals surface area contributed by atoms with E-state index in [1.165, 1.54) is 25.1 Å². The van der Waals surface area contributed by atoms with E-state index in [2.05, 4.69) is 0 Å². The van der Waals surface area contributed by atoms with E-state index in [4.69, 9.17) is 16.7 Å². The fourth-order valence-corrected chi connectivity index (χ4v) is 1.28. The normalized spacial score (nSPS) is 15.2. The summed E-state index contributed by atoms with van der Waals surface area (Å²) in [5.41, 5.74) is 0.699. The molecule has 0 radical (unpaired) electrons. The van der Waals surface area contributed by atoms with Gasteiger partial charge >= 0.3 is 0 Å². The first-order chi connectivity index (χ1) is 6.50. The third-order valence-electron chi connectivity index (χ3n) is 1.99. The monoisotopic (exact) mass is 218 g/mol. The van der Waals surface area contributed by atoms with Crippen molar-refractivity contribution in [1.82, 2.24) is 0 Å². The lowest BCUT2D eigenvalue weighted by Gasteiger charge is -2.13. The quantitative estimate of drug-likeness (QED) is 0.812. The van der Waals surface area contributed by atoms with Crippen LogP contribution in [0.25, 0.3) is 0 Å². The first-order valence-electron chi connectivity index (χ1n) is 4.30. The van der Waals surface area contributed by atoms with Gasteiger partial charge < -0.3 is 10.2 Å². The highest BCUT2D eigenvalue weighted by atomic mass is 35.5. The van der Waals surface area contributed by atoms with Crippen molar-refractivity contribution in [3.05, 3.63) is 34.6 Å². The third-order valence-corrected chi connectivity index (χ3v) is 2.28. The molecule has 0 amide bonds. The van der Waals surface area contributed by atoms with E-state index in [0.29, 0.717) is 5.56 Å². The SMILES string of the molecule is CC(O)C(O)Cc1ccc(F)c(Cl)c1. The first-order valence-corrected chi connectivity index (χ1v) is 4.68.